The third-order valence-electron chi connectivity index (χ3n) is 1.61. The van der Waals surface area contributed by atoms with E-state index in [-0.39, 0.29) is 6.92 Å². The molecule has 0 radical (unpaired) electrons. The summed E-state index contributed by atoms with van der Waals surface area (Å²) < 4.78 is 77.1. The van der Waals surface area contributed by atoms with Gasteiger partial charge in [0.15, 0.2) is 12.4 Å². The Bertz CT molecular complexity index is 418. The van der Waals surface area contributed by atoms with Gasteiger partial charge in [-0.05, 0) is 0 Å². The normalized spacial score (nSPS) is 12.6. The minimum atomic E-state index is -5.34. The zero-order valence-electron chi connectivity index (χ0n) is 9.24. The first-order valence-corrected chi connectivity index (χ1v) is 6.14. The highest BCUT2D eigenvalue weighted by Crippen LogP contribution is 2.34. The Morgan fingerprint density at radius 1 is 1.11 bits per heavy atom. The zero-order valence-corrected chi connectivity index (χ0v) is 10.1. The average molecular weight is 289 g/mol. The predicted octanol–water partition coefficient (Wildman–Crippen LogP) is 1.32. The number of rotatable bonds is 3. The second-order valence-electron chi connectivity index (χ2n) is 3.37. The van der Waals surface area contributed by atoms with Gasteiger partial charge in [0.05, 0.1) is 0 Å². The van der Waals surface area contributed by atoms with Gasteiger partial charge in [0.1, 0.15) is 15.9 Å². The fourth-order valence-electron chi connectivity index (χ4n) is 0.691. The number of H-pyrrole nitrogens is 1. The summed E-state index contributed by atoms with van der Waals surface area (Å²) in [5.41, 5.74) is 0. The molecular formula is C9H11F4NO3S. The van der Waals surface area contributed by atoms with Crippen molar-refractivity contribution in [3.63, 3.8) is 0 Å². The van der Waals surface area contributed by atoms with Gasteiger partial charge in [0.2, 0.25) is 0 Å². The van der Waals surface area contributed by atoms with Crippen molar-refractivity contribution in [1.29, 1.82) is 0 Å². The monoisotopic (exact) mass is 289 g/mol. The van der Waals surface area contributed by atoms with E-state index in [1.807, 2.05) is 30.6 Å². The van der Waals surface area contributed by atoms with Crippen molar-refractivity contribution in [3.8, 4) is 0 Å². The molecule has 0 saturated heterocycles. The van der Waals surface area contributed by atoms with E-state index in [1.54, 1.807) is 0 Å². The van der Waals surface area contributed by atoms with Crippen LogP contribution in [-0.4, -0.2) is 30.6 Å². The van der Waals surface area contributed by atoms with E-state index in [4.69, 9.17) is 0 Å². The summed E-state index contributed by atoms with van der Waals surface area (Å²) in [7, 11) is -5.34. The third kappa shape index (κ3) is 7.17. The van der Waals surface area contributed by atoms with E-state index in [9.17, 15) is 30.5 Å². The Labute approximate surface area is 101 Å². The topological polar surface area (TPSA) is 71.3 Å². The molecule has 0 atom stereocenters. The molecule has 0 aliphatic rings. The number of pyridine rings is 1. The molecule has 0 unspecified atom stereocenters. The molecule has 0 saturated carbocycles. The maximum atomic E-state index is 12.1. The van der Waals surface area contributed by atoms with Crippen LogP contribution in [0.15, 0.2) is 30.6 Å². The van der Waals surface area contributed by atoms with Crippen LogP contribution in [0.4, 0.5) is 17.6 Å². The van der Waals surface area contributed by atoms with E-state index in [1.165, 1.54) is 0 Å². The van der Waals surface area contributed by atoms with Crippen LogP contribution < -0.4 is 4.98 Å². The largest absolute Gasteiger partial charge is 0.748 e. The van der Waals surface area contributed by atoms with Gasteiger partial charge in [-0.2, -0.15) is 8.78 Å². The molecule has 0 amide bonds. The van der Waals surface area contributed by atoms with E-state index in [2.05, 4.69) is 4.98 Å². The van der Waals surface area contributed by atoms with Gasteiger partial charge < -0.3 is 4.55 Å². The van der Waals surface area contributed by atoms with Crippen molar-refractivity contribution in [2.75, 3.05) is 5.75 Å². The van der Waals surface area contributed by atoms with Crippen molar-refractivity contribution < 1.29 is 35.5 Å². The second-order valence-corrected chi connectivity index (χ2v) is 4.78. The van der Waals surface area contributed by atoms with Crippen molar-refractivity contribution in [3.05, 3.63) is 30.6 Å². The number of hydrogen-bond donors (Lipinski definition) is 0. The molecule has 9 heteroatoms. The number of nitrogens with one attached hydrogen (secondary N) is 1. The molecule has 0 aliphatic carbocycles. The molecule has 0 spiro atoms. The van der Waals surface area contributed by atoms with Crippen LogP contribution in [0.5, 0.6) is 0 Å². The molecule has 4 nitrogen and oxygen atoms in total. The van der Waals surface area contributed by atoms with Crippen molar-refractivity contribution in [2.45, 2.75) is 18.8 Å². The summed E-state index contributed by atoms with van der Waals surface area (Å²) in [6.45, 7) is -0.155. The van der Waals surface area contributed by atoms with Gasteiger partial charge in [-0.25, -0.2) is 22.2 Å². The highest BCUT2D eigenvalue weighted by molar-refractivity contribution is 7.85. The van der Waals surface area contributed by atoms with Crippen LogP contribution in [-0.2, 0) is 10.1 Å². The van der Waals surface area contributed by atoms with Crippen molar-refractivity contribution >= 4 is 10.1 Å². The quantitative estimate of drug-likeness (QED) is 0.622. The van der Waals surface area contributed by atoms with Gasteiger partial charge in [0.25, 0.3) is 0 Å². The fourth-order valence-corrected chi connectivity index (χ4v) is 1.39. The zero-order chi connectivity index (χ0) is 14.4. The average Bonchev–Trinajstić information content (AvgIpc) is 2.15. The molecule has 0 bridgehead atoms. The molecule has 0 aliphatic heterocycles. The van der Waals surface area contributed by atoms with Gasteiger partial charge in [-0.15, -0.1) is 0 Å². The van der Waals surface area contributed by atoms with Gasteiger partial charge in [0, 0.05) is 19.1 Å². The summed E-state index contributed by atoms with van der Waals surface area (Å²) >= 11 is 0. The molecule has 1 rings (SSSR count). The smallest absolute Gasteiger partial charge is 0.322 e. The van der Waals surface area contributed by atoms with E-state index in [0.29, 0.717) is 0 Å². The summed E-state index contributed by atoms with van der Waals surface area (Å²) in [4.78, 5) is 2.89. The summed E-state index contributed by atoms with van der Waals surface area (Å²) in [6, 6.07) is 5.86. The van der Waals surface area contributed by atoms with Crippen LogP contribution in [0.25, 0.3) is 0 Å². The van der Waals surface area contributed by atoms with Crippen LogP contribution in [0.1, 0.15) is 6.92 Å². The minimum absolute atomic E-state index is 0.155. The molecule has 1 N–H and O–H groups in total. The maximum absolute atomic E-state index is 12.1. The van der Waals surface area contributed by atoms with E-state index >= 15 is 0 Å². The number of aromatic amines is 1. The predicted molar refractivity (Wildman–Crippen MR) is 53.1 cm³/mol. The summed E-state index contributed by atoms with van der Waals surface area (Å²) in [6.07, 6.45) is 3.75. The molecule has 0 fully saturated rings. The van der Waals surface area contributed by atoms with Crippen LogP contribution in [0.2, 0.25) is 0 Å². The molecule has 0 aromatic carbocycles. The third-order valence-corrected chi connectivity index (χ3v) is 2.32. The van der Waals surface area contributed by atoms with Crippen LogP contribution in [0, 0.1) is 0 Å². The summed E-state index contributed by atoms with van der Waals surface area (Å²) in [5.74, 6) is -11.7. The number of aromatic nitrogens is 1. The molecule has 1 heterocycles. The molecule has 104 valence electrons. The number of halogens is 4. The Morgan fingerprint density at radius 3 is 1.67 bits per heavy atom. The Balaban J connectivity index is 0.000000397. The molecule has 18 heavy (non-hydrogen) atoms. The first-order valence-electron chi connectivity index (χ1n) is 4.56. The van der Waals surface area contributed by atoms with Crippen LogP contribution >= 0.6 is 0 Å². The minimum Gasteiger partial charge on any atom is -0.748 e. The molecular weight excluding hydrogens is 278 g/mol. The fraction of sp³-hybridized carbons (Fsp3) is 0.444. The number of alkyl halides is 4. The standard InChI is InChI=1S/C5H5N.C4H6F4O3S/c1-2-4-6-5-3-1;1-3(5,6)4(7,8)2-12(9,10)11/h1-5H;2H2,1H3,(H,9,10,11). The Hall–Kier alpha value is -1.22. The van der Waals surface area contributed by atoms with E-state index in [0.717, 1.165) is 0 Å². The maximum Gasteiger partial charge on any atom is 0.322 e. The number of hydrogen-bond acceptors (Lipinski definition) is 3. The molecule has 1 aromatic heterocycles. The van der Waals surface area contributed by atoms with Gasteiger partial charge in [-0.3, -0.25) is 0 Å². The first kappa shape index (κ1) is 16.8. The van der Waals surface area contributed by atoms with Crippen molar-refractivity contribution in [2.24, 2.45) is 0 Å². The SMILES string of the molecule is CC(F)(F)C(F)(F)CS(=O)(=O)[O-].c1cc[nH+]cc1. The van der Waals surface area contributed by atoms with Crippen LogP contribution in [0.3, 0.4) is 0 Å². The van der Waals surface area contributed by atoms with E-state index < -0.39 is 27.7 Å². The highest BCUT2D eigenvalue weighted by atomic mass is 32.2. The van der Waals surface area contributed by atoms with Gasteiger partial charge in [-0.1, -0.05) is 6.07 Å². The van der Waals surface area contributed by atoms with Crippen molar-refractivity contribution in [1.82, 2.24) is 0 Å². The lowest BCUT2D eigenvalue weighted by Crippen LogP contribution is -2.43. The lowest BCUT2D eigenvalue weighted by atomic mass is 10.2. The Kier molecular flexibility index (Phi) is 5.68. The molecule has 1 aromatic rings. The lowest BCUT2D eigenvalue weighted by Gasteiger charge is -2.23. The second kappa shape index (κ2) is 6.10. The Morgan fingerprint density at radius 2 is 1.56 bits per heavy atom. The lowest BCUT2D eigenvalue weighted by molar-refractivity contribution is -0.377. The first-order chi connectivity index (χ1) is 7.96. The highest BCUT2D eigenvalue weighted by Gasteiger charge is 2.53. The summed E-state index contributed by atoms with van der Waals surface area (Å²) in [5, 5.41) is 0. The van der Waals surface area contributed by atoms with Gasteiger partial charge >= 0.3 is 11.8 Å².